The van der Waals surface area contributed by atoms with E-state index in [4.69, 9.17) is 0 Å². The van der Waals surface area contributed by atoms with E-state index in [2.05, 4.69) is 15.4 Å². The van der Waals surface area contributed by atoms with Crippen molar-refractivity contribution >= 4 is 11.8 Å². The van der Waals surface area contributed by atoms with Crippen LogP contribution < -0.4 is 16.4 Å². The molecule has 0 radical (unpaired) electrons. The Morgan fingerprint density at radius 3 is 3.06 bits per heavy atom. The van der Waals surface area contributed by atoms with E-state index in [0.717, 1.165) is 25.1 Å². The van der Waals surface area contributed by atoms with Gasteiger partial charge in [0.15, 0.2) is 5.16 Å². The predicted octanol–water partition coefficient (Wildman–Crippen LogP) is 0.0929. The maximum absolute atomic E-state index is 11.1. The van der Waals surface area contributed by atoms with Crippen molar-refractivity contribution in [3.8, 4) is 0 Å². The van der Waals surface area contributed by atoms with Crippen LogP contribution in [0.5, 0.6) is 0 Å². The van der Waals surface area contributed by atoms with E-state index >= 15 is 0 Å². The lowest BCUT2D eigenvalue weighted by Crippen LogP contribution is -2.33. The minimum absolute atomic E-state index is 0.569. The second-order valence-corrected chi connectivity index (χ2v) is 5.55. The molecule has 1 aliphatic heterocycles. The standard InChI is InChI=1S/C11H18N4O2S/c1-15-11(13-9(16)10(17)14-15)18-7-3-5-8-4-2-6-12-8/h8,12H,2-7H2,1H3,(H,14,17). The van der Waals surface area contributed by atoms with E-state index in [9.17, 15) is 9.59 Å². The summed E-state index contributed by atoms with van der Waals surface area (Å²) >= 11 is 1.51. The Kier molecular flexibility index (Phi) is 4.60. The Morgan fingerprint density at radius 2 is 2.33 bits per heavy atom. The fraction of sp³-hybridized carbons (Fsp3) is 0.727. The van der Waals surface area contributed by atoms with Crippen molar-refractivity contribution in [2.75, 3.05) is 12.3 Å². The molecule has 0 bridgehead atoms. The quantitative estimate of drug-likeness (QED) is 0.450. The van der Waals surface area contributed by atoms with Gasteiger partial charge in [-0.3, -0.25) is 19.4 Å². The van der Waals surface area contributed by atoms with Crippen LogP contribution >= 0.6 is 11.8 Å². The van der Waals surface area contributed by atoms with Crippen LogP contribution in [-0.4, -0.2) is 33.1 Å². The number of aromatic amines is 1. The van der Waals surface area contributed by atoms with Crippen LogP contribution in [0.3, 0.4) is 0 Å². The zero-order valence-electron chi connectivity index (χ0n) is 10.4. The number of thioether (sulfide) groups is 1. The molecule has 1 atom stereocenters. The van der Waals surface area contributed by atoms with Gasteiger partial charge in [0.2, 0.25) is 0 Å². The van der Waals surface area contributed by atoms with Gasteiger partial charge in [-0.25, -0.2) is 0 Å². The lowest BCUT2D eigenvalue weighted by atomic mass is 10.1. The molecule has 0 aliphatic carbocycles. The van der Waals surface area contributed by atoms with Crippen molar-refractivity contribution in [2.24, 2.45) is 7.05 Å². The summed E-state index contributed by atoms with van der Waals surface area (Å²) in [6.45, 7) is 1.13. The Morgan fingerprint density at radius 1 is 1.50 bits per heavy atom. The SMILES string of the molecule is Cn1[nH]c(=O)c(=O)nc1SCCCC1CCCN1. The second-order valence-electron chi connectivity index (χ2n) is 4.48. The number of aromatic nitrogens is 3. The van der Waals surface area contributed by atoms with Crippen molar-refractivity contribution in [1.29, 1.82) is 0 Å². The first-order valence-corrected chi connectivity index (χ1v) is 7.19. The van der Waals surface area contributed by atoms with Gasteiger partial charge in [0, 0.05) is 18.8 Å². The van der Waals surface area contributed by atoms with Gasteiger partial charge in [0.05, 0.1) is 0 Å². The molecule has 7 heteroatoms. The zero-order chi connectivity index (χ0) is 13.0. The lowest BCUT2D eigenvalue weighted by Gasteiger charge is -2.09. The van der Waals surface area contributed by atoms with Crippen molar-refractivity contribution in [3.05, 3.63) is 20.7 Å². The van der Waals surface area contributed by atoms with Gasteiger partial charge in [0.25, 0.3) is 0 Å². The third-order valence-electron chi connectivity index (χ3n) is 3.04. The molecule has 0 spiro atoms. The highest BCUT2D eigenvalue weighted by Gasteiger charge is 2.13. The first-order valence-electron chi connectivity index (χ1n) is 6.20. The molecule has 1 saturated heterocycles. The van der Waals surface area contributed by atoms with Crippen molar-refractivity contribution in [3.63, 3.8) is 0 Å². The second kappa shape index (κ2) is 6.19. The van der Waals surface area contributed by atoms with Crippen molar-refractivity contribution in [2.45, 2.75) is 36.9 Å². The number of rotatable bonds is 5. The van der Waals surface area contributed by atoms with E-state index in [1.807, 2.05) is 0 Å². The van der Waals surface area contributed by atoms with Crippen molar-refractivity contribution in [1.82, 2.24) is 20.1 Å². The smallest absolute Gasteiger partial charge is 0.314 e. The number of aryl methyl sites for hydroxylation is 1. The lowest BCUT2D eigenvalue weighted by molar-refractivity contribution is 0.552. The molecule has 2 rings (SSSR count). The van der Waals surface area contributed by atoms with Crippen LogP contribution in [-0.2, 0) is 7.05 Å². The minimum atomic E-state index is -0.715. The third-order valence-corrected chi connectivity index (χ3v) is 4.15. The first-order chi connectivity index (χ1) is 8.66. The summed E-state index contributed by atoms with van der Waals surface area (Å²) in [7, 11) is 1.69. The maximum atomic E-state index is 11.1. The molecule has 1 aromatic heterocycles. The first kappa shape index (κ1) is 13.4. The Bertz CT molecular complexity index is 505. The summed E-state index contributed by atoms with van der Waals surface area (Å²) in [5.41, 5.74) is -1.38. The summed E-state index contributed by atoms with van der Waals surface area (Å²) in [6.07, 6.45) is 4.77. The third kappa shape index (κ3) is 3.46. The van der Waals surface area contributed by atoms with Gasteiger partial charge in [-0.2, -0.15) is 4.98 Å². The van der Waals surface area contributed by atoms with Crippen LogP contribution in [0, 0.1) is 0 Å². The molecule has 0 aromatic carbocycles. The number of hydrogen-bond acceptors (Lipinski definition) is 5. The molecule has 0 amide bonds. The summed E-state index contributed by atoms with van der Waals surface area (Å²) in [6, 6.07) is 0.651. The average molecular weight is 270 g/mol. The highest BCUT2D eigenvalue weighted by molar-refractivity contribution is 7.99. The average Bonchev–Trinajstić information content (AvgIpc) is 2.84. The molecule has 6 nitrogen and oxygen atoms in total. The van der Waals surface area contributed by atoms with E-state index in [1.165, 1.54) is 29.3 Å². The predicted molar refractivity (Wildman–Crippen MR) is 71.1 cm³/mol. The topological polar surface area (TPSA) is 79.8 Å². The van der Waals surface area contributed by atoms with Crippen LogP contribution in [0.1, 0.15) is 25.7 Å². The Balaban J connectivity index is 1.81. The number of nitrogens with one attached hydrogen (secondary N) is 2. The molecule has 1 aromatic rings. The van der Waals surface area contributed by atoms with Gasteiger partial charge in [-0.05, 0) is 32.2 Å². The number of nitrogens with zero attached hydrogens (tertiary/aromatic N) is 2. The van der Waals surface area contributed by atoms with Crippen LogP contribution in [0.2, 0.25) is 0 Å². The van der Waals surface area contributed by atoms with E-state index in [1.54, 1.807) is 7.05 Å². The molecule has 1 unspecified atom stereocenters. The molecule has 18 heavy (non-hydrogen) atoms. The van der Waals surface area contributed by atoms with Crippen LogP contribution in [0.4, 0.5) is 0 Å². The molecule has 0 saturated carbocycles. The zero-order valence-corrected chi connectivity index (χ0v) is 11.3. The number of hydrogen-bond donors (Lipinski definition) is 2. The summed E-state index contributed by atoms with van der Waals surface area (Å²) < 4.78 is 1.50. The summed E-state index contributed by atoms with van der Waals surface area (Å²) in [5.74, 6) is 0.907. The highest BCUT2D eigenvalue weighted by atomic mass is 32.2. The molecular formula is C11H18N4O2S. The van der Waals surface area contributed by atoms with Gasteiger partial charge >= 0.3 is 11.1 Å². The minimum Gasteiger partial charge on any atom is -0.314 e. The van der Waals surface area contributed by atoms with E-state index in [0.29, 0.717) is 11.2 Å². The monoisotopic (exact) mass is 270 g/mol. The fourth-order valence-corrected chi connectivity index (χ4v) is 2.97. The normalized spacial score (nSPS) is 19.3. The van der Waals surface area contributed by atoms with Crippen LogP contribution in [0.15, 0.2) is 14.7 Å². The van der Waals surface area contributed by atoms with Gasteiger partial charge in [-0.1, -0.05) is 11.8 Å². The molecule has 100 valence electrons. The molecule has 1 aliphatic rings. The van der Waals surface area contributed by atoms with Gasteiger partial charge in [-0.15, -0.1) is 0 Å². The Labute approximate surface area is 109 Å². The molecule has 2 heterocycles. The van der Waals surface area contributed by atoms with Gasteiger partial charge in [0.1, 0.15) is 0 Å². The van der Waals surface area contributed by atoms with Crippen LogP contribution in [0.25, 0.3) is 0 Å². The molecule has 2 N–H and O–H groups in total. The fourth-order valence-electron chi connectivity index (χ4n) is 2.09. The largest absolute Gasteiger partial charge is 0.339 e. The summed E-state index contributed by atoms with van der Waals surface area (Å²) in [5, 5.41) is 6.47. The van der Waals surface area contributed by atoms with E-state index in [-0.39, 0.29) is 0 Å². The Hall–Kier alpha value is -1.08. The van der Waals surface area contributed by atoms with E-state index < -0.39 is 11.1 Å². The van der Waals surface area contributed by atoms with Crippen molar-refractivity contribution < 1.29 is 0 Å². The summed E-state index contributed by atoms with van der Waals surface area (Å²) in [4.78, 5) is 25.9. The number of H-pyrrole nitrogens is 1. The maximum Gasteiger partial charge on any atom is 0.339 e. The molecule has 1 fully saturated rings. The molecular weight excluding hydrogens is 252 g/mol. The highest BCUT2D eigenvalue weighted by Crippen LogP contribution is 2.16. The van der Waals surface area contributed by atoms with Gasteiger partial charge < -0.3 is 5.32 Å².